The lowest BCUT2D eigenvalue weighted by molar-refractivity contribution is 0.269. The van der Waals surface area contributed by atoms with Gasteiger partial charge in [0.25, 0.3) is 0 Å². The number of nitrogens with one attached hydrogen (secondary N) is 1. The molecule has 1 unspecified atom stereocenters. The molecule has 0 amide bonds. The van der Waals surface area contributed by atoms with Gasteiger partial charge in [0.1, 0.15) is 0 Å². The van der Waals surface area contributed by atoms with Gasteiger partial charge in [0.15, 0.2) is 0 Å². The van der Waals surface area contributed by atoms with Crippen LogP contribution in [-0.2, 0) is 13.1 Å². The second-order valence-electron chi connectivity index (χ2n) is 3.78. The first-order valence-electron chi connectivity index (χ1n) is 5.32. The average Bonchev–Trinajstić information content (AvgIpc) is 2.85. The minimum absolute atomic E-state index is 0.147. The van der Waals surface area contributed by atoms with E-state index < -0.39 is 0 Å². The van der Waals surface area contributed by atoms with Gasteiger partial charge in [-0.05, 0) is 12.2 Å². The smallest absolute Gasteiger partial charge is 0.0640 e. The zero-order chi connectivity index (χ0) is 10.5. The van der Waals surface area contributed by atoms with E-state index in [1.54, 1.807) is 4.68 Å². The van der Waals surface area contributed by atoms with Crippen LogP contribution in [0.15, 0.2) is 12.4 Å². The lowest BCUT2D eigenvalue weighted by Gasteiger charge is -2.09. The van der Waals surface area contributed by atoms with E-state index in [9.17, 15) is 0 Å². The summed E-state index contributed by atoms with van der Waals surface area (Å²) in [4.78, 5) is 0. The van der Waals surface area contributed by atoms with Crippen molar-refractivity contribution in [2.75, 3.05) is 18.1 Å². The molecule has 2 heterocycles. The van der Waals surface area contributed by atoms with Gasteiger partial charge in [-0.1, -0.05) is 0 Å². The summed E-state index contributed by atoms with van der Waals surface area (Å²) in [5.74, 6) is 2.51. The van der Waals surface area contributed by atoms with E-state index in [0.29, 0.717) is 12.6 Å². The molecular weight excluding hydrogens is 210 g/mol. The van der Waals surface area contributed by atoms with Crippen LogP contribution >= 0.6 is 11.8 Å². The Morgan fingerprint density at radius 1 is 1.67 bits per heavy atom. The summed E-state index contributed by atoms with van der Waals surface area (Å²) in [5, 5.41) is 16.4. The van der Waals surface area contributed by atoms with Gasteiger partial charge in [0.05, 0.1) is 19.3 Å². The minimum Gasteiger partial charge on any atom is -0.394 e. The van der Waals surface area contributed by atoms with Crippen molar-refractivity contribution in [1.29, 1.82) is 0 Å². The summed E-state index contributed by atoms with van der Waals surface area (Å²) in [6.45, 7) is 1.61. The van der Waals surface area contributed by atoms with E-state index in [1.807, 2.05) is 24.2 Å². The van der Waals surface area contributed by atoms with Gasteiger partial charge in [-0.3, -0.25) is 4.68 Å². The molecule has 1 fully saturated rings. The Morgan fingerprint density at radius 2 is 2.60 bits per heavy atom. The van der Waals surface area contributed by atoms with Crippen LogP contribution in [-0.4, -0.2) is 39.0 Å². The zero-order valence-corrected chi connectivity index (χ0v) is 9.54. The fraction of sp³-hybridized carbons (Fsp3) is 0.700. The molecule has 84 valence electrons. The molecule has 1 aromatic rings. The number of aliphatic hydroxyl groups excluding tert-OH is 1. The van der Waals surface area contributed by atoms with Gasteiger partial charge in [0, 0.05) is 30.1 Å². The molecule has 1 saturated heterocycles. The zero-order valence-electron chi connectivity index (χ0n) is 8.72. The summed E-state index contributed by atoms with van der Waals surface area (Å²) < 4.78 is 1.78. The highest BCUT2D eigenvalue weighted by Crippen LogP contribution is 2.17. The number of hydrogen-bond acceptors (Lipinski definition) is 4. The van der Waals surface area contributed by atoms with Crippen LogP contribution in [0.1, 0.15) is 12.0 Å². The molecule has 1 atom stereocenters. The van der Waals surface area contributed by atoms with Crippen molar-refractivity contribution in [3.8, 4) is 0 Å². The van der Waals surface area contributed by atoms with E-state index in [-0.39, 0.29) is 6.61 Å². The van der Waals surface area contributed by atoms with Gasteiger partial charge in [-0.2, -0.15) is 16.9 Å². The highest BCUT2D eigenvalue weighted by molar-refractivity contribution is 7.99. The molecular formula is C10H17N3OS. The second-order valence-corrected chi connectivity index (χ2v) is 4.93. The first kappa shape index (κ1) is 11.0. The Balaban J connectivity index is 1.77. The predicted molar refractivity (Wildman–Crippen MR) is 61.9 cm³/mol. The van der Waals surface area contributed by atoms with Crippen LogP contribution < -0.4 is 5.32 Å². The van der Waals surface area contributed by atoms with Gasteiger partial charge >= 0.3 is 0 Å². The van der Waals surface area contributed by atoms with Gasteiger partial charge in [-0.15, -0.1) is 0 Å². The van der Waals surface area contributed by atoms with E-state index in [0.717, 1.165) is 6.54 Å². The van der Waals surface area contributed by atoms with Crippen LogP contribution in [0.4, 0.5) is 0 Å². The number of aliphatic hydroxyl groups is 1. The number of rotatable bonds is 5. The van der Waals surface area contributed by atoms with E-state index in [1.165, 1.54) is 23.5 Å². The minimum atomic E-state index is 0.147. The Morgan fingerprint density at radius 3 is 3.33 bits per heavy atom. The van der Waals surface area contributed by atoms with Crippen molar-refractivity contribution in [3.05, 3.63) is 18.0 Å². The third kappa shape index (κ3) is 3.22. The largest absolute Gasteiger partial charge is 0.394 e. The maximum atomic E-state index is 8.75. The van der Waals surface area contributed by atoms with Crippen molar-refractivity contribution in [2.24, 2.45) is 0 Å². The normalized spacial score (nSPS) is 21.0. The number of thioether (sulfide) groups is 1. The fourth-order valence-electron chi connectivity index (χ4n) is 1.68. The fourth-order valence-corrected chi connectivity index (χ4v) is 2.87. The van der Waals surface area contributed by atoms with E-state index >= 15 is 0 Å². The Bertz CT molecular complexity index is 297. The molecule has 0 radical (unpaired) electrons. The molecule has 2 N–H and O–H groups in total. The maximum absolute atomic E-state index is 8.75. The van der Waals surface area contributed by atoms with Crippen molar-refractivity contribution < 1.29 is 5.11 Å². The van der Waals surface area contributed by atoms with Crippen molar-refractivity contribution in [1.82, 2.24) is 15.1 Å². The van der Waals surface area contributed by atoms with Crippen LogP contribution in [0.25, 0.3) is 0 Å². The van der Waals surface area contributed by atoms with Crippen molar-refractivity contribution >= 4 is 11.8 Å². The van der Waals surface area contributed by atoms with Gasteiger partial charge in [0.2, 0.25) is 0 Å². The SMILES string of the molecule is OCCn1cc(CNC2CCSC2)cn1. The highest BCUT2D eigenvalue weighted by Gasteiger charge is 2.14. The van der Waals surface area contributed by atoms with Gasteiger partial charge < -0.3 is 10.4 Å². The molecule has 0 aliphatic carbocycles. The molecule has 1 aliphatic rings. The maximum Gasteiger partial charge on any atom is 0.0640 e. The third-order valence-electron chi connectivity index (χ3n) is 2.54. The lowest BCUT2D eigenvalue weighted by atomic mass is 10.2. The summed E-state index contributed by atoms with van der Waals surface area (Å²) in [6, 6.07) is 0.663. The molecule has 1 aliphatic heterocycles. The molecule has 0 aromatic carbocycles. The molecule has 0 spiro atoms. The predicted octanol–water partition coefficient (Wildman–Crippen LogP) is 0.471. The van der Waals surface area contributed by atoms with Crippen molar-refractivity contribution in [3.63, 3.8) is 0 Å². The summed E-state index contributed by atoms with van der Waals surface area (Å²) >= 11 is 2.01. The van der Waals surface area contributed by atoms with Gasteiger partial charge in [-0.25, -0.2) is 0 Å². The molecule has 15 heavy (non-hydrogen) atoms. The summed E-state index contributed by atoms with van der Waals surface area (Å²) in [6.07, 6.45) is 5.13. The lowest BCUT2D eigenvalue weighted by Crippen LogP contribution is -2.27. The van der Waals surface area contributed by atoms with Crippen LogP contribution in [0.5, 0.6) is 0 Å². The molecule has 1 aromatic heterocycles. The molecule has 0 saturated carbocycles. The first-order valence-corrected chi connectivity index (χ1v) is 6.47. The van der Waals surface area contributed by atoms with Crippen LogP contribution in [0, 0.1) is 0 Å². The number of nitrogens with zero attached hydrogens (tertiary/aromatic N) is 2. The monoisotopic (exact) mass is 227 g/mol. The van der Waals surface area contributed by atoms with E-state index in [4.69, 9.17) is 5.11 Å². The Hall–Kier alpha value is -0.520. The van der Waals surface area contributed by atoms with Crippen molar-refractivity contribution in [2.45, 2.75) is 25.6 Å². The Labute approximate surface area is 94.1 Å². The molecule has 0 bridgehead atoms. The quantitative estimate of drug-likeness (QED) is 0.768. The number of aromatic nitrogens is 2. The molecule has 4 nitrogen and oxygen atoms in total. The molecule has 2 rings (SSSR count). The second kappa shape index (κ2) is 5.53. The Kier molecular flexibility index (Phi) is 4.05. The highest BCUT2D eigenvalue weighted by atomic mass is 32.2. The standard InChI is InChI=1S/C10H17N3OS/c14-3-2-13-7-9(6-12-13)5-11-10-1-4-15-8-10/h6-7,10-11,14H,1-5,8H2. The van der Waals surface area contributed by atoms with E-state index in [2.05, 4.69) is 10.4 Å². The first-order chi connectivity index (χ1) is 7.38. The average molecular weight is 227 g/mol. The summed E-state index contributed by atoms with van der Waals surface area (Å²) in [5.41, 5.74) is 1.19. The van der Waals surface area contributed by atoms with Crippen LogP contribution in [0.2, 0.25) is 0 Å². The molecule has 5 heteroatoms. The number of hydrogen-bond donors (Lipinski definition) is 2. The topological polar surface area (TPSA) is 50.1 Å². The summed E-state index contributed by atoms with van der Waals surface area (Å²) in [7, 11) is 0. The third-order valence-corrected chi connectivity index (χ3v) is 3.70. The van der Waals surface area contributed by atoms with Crippen LogP contribution in [0.3, 0.4) is 0 Å².